The van der Waals surface area contributed by atoms with E-state index in [0.717, 1.165) is 22.8 Å². The molecule has 0 saturated carbocycles. The van der Waals surface area contributed by atoms with Gasteiger partial charge in [-0.3, -0.25) is 0 Å². The molecule has 0 atom stereocenters. The van der Waals surface area contributed by atoms with Crippen LogP contribution in [0.15, 0.2) is 48.5 Å². The summed E-state index contributed by atoms with van der Waals surface area (Å²) in [5.41, 5.74) is 1.12. The molecule has 0 radical (unpaired) electrons. The Hall–Kier alpha value is -1.96. The zero-order valence-electron chi connectivity index (χ0n) is 11.4. The molecule has 2 heteroatoms. The lowest BCUT2D eigenvalue weighted by atomic mass is 10.2. The van der Waals surface area contributed by atoms with Gasteiger partial charge >= 0.3 is 0 Å². The molecule has 0 saturated heterocycles. The Morgan fingerprint density at radius 1 is 0.778 bits per heavy atom. The normalized spacial score (nSPS) is 9.11. The van der Waals surface area contributed by atoms with Gasteiger partial charge in [0.15, 0.2) is 0 Å². The Bertz CT molecular complexity index is 461. The maximum atomic E-state index is 5.75. The first-order valence-corrected chi connectivity index (χ1v) is 6.17. The number of para-hydroxylation sites is 1. The van der Waals surface area contributed by atoms with Crippen molar-refractivity contribution in [1.29, 1.82) is 0 Å². The summed E-state index contributed by atoms with van der Waals surface area (Å²) < 4.78 is 10.8. The predicted octanol–water partition coefficient (Wildman–Crippen LogP) is 4.82. The minimum absolute atomic E-state index is 0.815. The van der Waals surface area contributed by atoms with E-state index in [0.29, 0.717) is 0 Å². The molecule has 0 bridgehead atoms. The van der Waals surface area contributed by atoms with Crippen molar-refractivity contribution in [3.05, 3.63) is 54.1 Å². The van der Waals surface area contributed by atoms with Crippen LogP contribution in [0.4, 0.5) is 0 Å². The Balaban J connectivity index is 0.000000771. The van der Waals surface area contributed by atoms with E-state index in [4.69, 9.17) is 9.47 Å². The first-order chi connectivity index (χ1) is 8.79. The lowest BCUT2D eigenvalue weighted by Crippen LogP contribution is -1.87. The molecule has 0 N–H and O–H groups in total. The molecular weight excluding hydrogens is 224 g/mol. The fourth-order valence-electron chi connectivity index (χ4n) is 1.44. The van der Waals surface area contributed by atoms with Crippen LogP contribution in [0.25, 0.3) is 0 Å². The molecule has 0 aliphatic carbocycles. The van der Waals surface area contributed by atoms with Gasteiger partial charge in [0.2, 0.25) is 0 Å². The number of aryl methyl sites for hydroxylation is 1. The quantitative estimate of drug-likeness (QED) is 0.770. The first-order valence-electron chi connectivity index (χ1n) is 6.17. The zero-order valence-corrected chi connectivity index (χ0v) is 11.4. The van der Waals surface area contributed by atoms with Crippen molar-refractivity contribution < 1.29 is 9.47 Å². The van der Waals surface area contributed by atoms with Crippen molar-refractivity contribution in [3.63, 3.8) is 0 Å². The van der Waals surface area contributed by atoms with E-state index in [2.05, 4.69) is 0 Å². The van der Waals surface area contributed by atoms with Gasteiger partial charge in [0.05, 0.1) is 7.11 Å². The Morgan fingerprint density at radius 3 is 1.89 bits per heavy atom. The lowest BCUT2D eigenvalue weighted by molar-refractivity contribution is 0.412. The molecule has 96 valence electrons. The van der Waals surface area contributed by atoms with Gasteiger partial charge in [-0.2, -0.15) is 0 Å². The van der Waals surface area contributed by atoms with Crippen LogP contribution in [0.2, 0.25) is 0 Å². The number of hydrogen-bond acceptors (Lipinski definition) is 2. The second kappa shape index (κ2) is 7.38. The van der Waals surface area contributed by atoms with Crippen LogP contribution in [-0.4, -0.2) is 7.11 Å². The smallest absolute Gasteiger partial charge is 0.130 e. The van der Waals surface area contributed by atoms with Crippen LogP contribution in [0.1, 0.15) is 19.4 Å². The summed E-state index contributed by atoms with van der Waals surface area (Å²) in [6, 6.07) is 15.5. The number of hydrogen-bond donors (Lipinski definition) is 0. The van der Waals surface area contributed by atoms with E-state index in [1.165, 1.54) is 0 Å². The Morgan fingerprint density at radius 2 is 1.33 bits per heavy atom. The van der Waals surface area contributed by atoms with Crippen LogP contribution in [-0.2, 0) is 0 Å². The molecule has 0 fully saturated rings. The first kappa shape index (κ1) is 14.1. The van der Waals surface area contributed by atoms with Gasteiger partial charge in [0.1, 0.15) is 17.2 Å². The van der Waals surface area contributed by atoms with Crippen LogP contribution < -0.4 is 9.47 Å². The third kappa shape index (κ3) is 3.81. The molecule has 2 nitrogen and oxygen atoms in total. The van der Waals surface area contributed by atoms with Gasteiger partial charge in [-0.05, 0) is 42.8 Å². The number of ether oxygens (including phenoxy) is 2. The van der Waals surface area contributed by atoms with Gasteiger partial charge in [0, 0.05) is 0 Å². The average Bonchev–Trinajstić information content (AvgIpc) is 2.44. The predicted molar refractivity (Wildman–Crippen MR) is 75.6 cm³/mol. The van der Waals surface area contributed by atoms with Crippen molar-refractivity contribution in [3.8, 4) is 17.2 Å². The molecule has 2 aromatic rings. The number of benzene rings is 2. The molecule has 0 aliphatic heterocycles. The van der Waals surface area contributed by atoms with Crippen molar-refractivity contribution in [2.45, 2.75) is 20.8 Å². The van der Waals surface area contributed by atoms with Gasteiger partial charge in [-0.25, -0.2) is 0 Å². The molecule has 0 amide bonds. The molecule has 0 unspecified atom stereocenters. The monoisotopic (exact) mass is 244 g/mol. The van der Waals surface area contributed by atoms with E-state index in [1.54, 1.807) is 7.11 Å². The summed E-state index contributed by atoms with van der Waals surface area (Å²) in [6.45, 7) is 6.03. The minimum Gasteiger partial charge on any atom is -0.497 e. The molecule has 0 spiro atoms. The topological polar surface area (TPSA) is 18.5 Å². The number of methoxy groups -OCH3 is 1. The fraction of sp³-hybridized carbons (Fsp3) is 0.250. The SMILES string of the molecule is CC.COc1ccc(Oc2ccccc2C)cc1. The van der Waals surface area contributed by atoms with Crippen molar-refractivity contribution in [1.82, 2.24) is 0 Å². The maximum absolute atomic E-state index is 5.75. The van der Waals surface area contributed by atoms with E-state index in [1.807, 2.05) is 69.3 Å². The summed E-state index contributed by atoms with van der Waals surface area (Å²) >= 11 is 0. The molecule has 0 heterocycles. The van der Waals surface area contributed by atoms with E-state index < -0.39 is 0 Å². The van der Waals surface area contributed by atoms with Gasteiger partial charge in [-0.15, -0.1) is 0 Å². The van der Waals surface area contributed by atoms with E-state index >= 15 is 0 Å². The highest BCUT2D eigenvalue weighted by Gasteiger charge is 2.00. The summed E-state index contributed by atoms with van der Waals surface area (Å²) in [6.07, 6.45) is 0. The fourth-order valence-corrected chi connectivity index (χ4v) is 1.44. The average molecular weight is 244 g/mol. The standard InChI is InChI=1S/C14H14O2.C2H6/c1-11-5-3-4-6-14(11)16-13-9-7-12(15-2)8-10-13;1-2/h3-10H,1-2H3;1-2H3. The van der Waals surface area contributed by atoms with Gasteiger partial charge in [0.25, 0.3) is 0 Å². The highest BCUT2D eigenvalue weighted by Crippen LogP contribution is 2.25. The van der Waals surface area contributed by atoms with Crippen molar-refractivity contribution in [2.24, 2.45) is 0 Å². The number of rotatable bonds is 3. The summed E-state index contributed by atoms with van der Waals surface area (Å²) in [7, 11) is 1.65. The van der Waals surface area contributed by atoms with Crippen LogP contribution in [0.5, 0.6) is 17.2 Å². The summed E-state index contributed by atoms with van der Waals surface area (Å²) in [4.78, 5) is 0. The highest BCUT2D eigenvalue weighted by atomic mass is 16.5. The van der Waals surface area contributed by atoms with Crippen LogP contribution >= 0.6 is 0 Å². The molecule has 0 aromatic heterocycles. The third-order valence-electron chi connectivity index (χ3n) is 2.38. The van der Waals surface area contributed by atoms with Gasteiger partial charge in [-0.1, -0.05) is 32.0 Å². The maximum Gasteiger partial charge on any atom is 0.130 e. The summed E-state index contributed by atoms with van der Waals surface area (Å²) in [5.74, 6) is 2.53. The van der Waals surface area contributed by atoms with Gasteiger partial charge < -0.3 is 9.47 Å². The lowest BCUT2D eigenvalue weighted by Gasteiger charge is -2.08. The highest BCUT2D eigenvalue weighted by molar-refractivity contribution is 5.38. The van der Waals surface area contributed by atoms with E-state index in [9.17, 15) is 0 Å². The second-order valence-electron chi connectivity index (χ2n) is 3.54. The second-order valence-corrected chi connectivity index (χ2v) is 3.54. The molecule has 0 aliphatic rings. The zero-order chi connectivity index (χ0) is 13.4. The summed E-state index contributed by atoms with van der Waals surface area (Å²) in [5, 5.41) is 0. The van der Waals surface area contributed by atoms with Crippen LogP contribution in [0.3, 0.4) is 0 Å². The molecule has 18 heavy (non-hydrogen) atoms. The Kier molecular flexibility index (Phi) is 5.78. The van der Waals surface area contributed by atoms with E-state index in [-0.39, 0.29) is 0 Å². The van der Waals surface area contributed by atoms with Crippen molar-refractivity contribution in [2.75, 3.05) is 7.11 Å². The molecular formula is C16H20O2. The largest absolute Gasteiger partial charge is 0.497 e. The third-order valence-corrected chi connectivity index (χ3v) is 2.38. The Labute approximate surface area is 109 Å². The molecule has 2 rings (SSSR count). The van der Waals surface area contributed by atoms with Crippen LogP contribution in [0, 0.1) is 6.92 Å². The molecule has 2 aromatic carbocycles. The van der Waals surface area contributed by atoms with Crippen molar-refractivity contribution >= 4 is 0 Å². The minimum atomic E-state index is 0.815.